The van der Waals surface area contributed by atoms with E-state index in [0.29, 0.717) is 53.5 Å². The van der Waals surface area contributed by atoms with Gasteiger partial charge in [-0.25, -0.2) is 0 Å². The summed E-state index contributed by atoms with van der Waals surface area (Å²) in [5.74, 6) is 4.65. The number of aliphatic hydroxyl groups is 1. The molecule has 5 heteroatoms. The molecule has 0 spiro atoms. The summed E-state index contributed by atoms with van der Waals surface area (Å²) >= 11 is 0. The first-order valence-electron chi connectivity index (χ1n) is 17.3. The number of Topliss-reactive ketones (excluding diaryl/α,β-unsaturated/α-hetero) is 3. The molecule has 0 saturated heterocycles. The van der Waals surface area contributed by atoms with Crippen molar-refractivity contribution in [3.05, 3.63) is 35.1 Å². The topological polar surface area (TPSA) is 88.5 Å². The molecule has 0 aromatic rings. The molecule has 10 unspecified atom stereocenters. The van der Waals surface area contributed by atoms with Crippen molar-refractivity contribution in [1.29, 1.82) is 0 Å². The van der Waals surface area contributed by atoms with E-state index in [9.17, 15) is 24.3 Å². The van der Waals surface area contributed by atoms with E-state index in [1.807, 2.05) is 6.08 Å². The Morgan fingerprint density at radius 2 is 1.19 bits per heavy atom. The van der Waals surface area contributed by atoms with Crippen LogP contribution in [0, 0.1) is 57.2 Å². The summed E-state index contributed by atoms with van der Waals surface area (Å²) in [4.78, 5) is 48.3. The molecule has 0 aromatic heterocycles. The lowest BCUT2D eigenvalue weighted by atomic mass is 9.47. The number of aliphatic hydroxyl groups excluding tert-OH is 1. The van der Waals surface area contributed by atoms with Crippen LogP contribution in [0.4, 0.5) is 0 Å². The first kappa shape index (κ1) is 29.4. The van der Waals surface area contributed by atoms with E-state index in [1.54, 1.807) is 6.08 Å². The van der Waals surface area contributed by atoms with Gasteiger partial charge in [-0.3, -0.25) is 19.2 Å². The molecule has 0 aliphatic heterocycles. The van der Waals surface area contributed by atoms with Crippen LogP contribution in [-0.4, -0.2) is 28.2 Å². The second kappa shape index (κ2) is 9.85. The van der Waals surface area contributed by atoms with Crippen LogP contribution >= 0.6 is 0 Å². The highest BCUT2D eigenvalue weighted by Gasteiger charge is 2.60. The molecular formula is C38H50O5. The molecular weight excluding hydrogens is 536 g/mol. The maximum absolute atomic E-state index is 12.4. The quantitative estimate of drug-likeness (QED) is 0.312. The summed E-state index contributed by atoms with van der Waals surface area (Å²) in [5, 5.41) is 10.3. The third-order valence-electron chi connectivity index (χ3n) is 15.1. The van der Waals surface area contributed by atoms with Crippen LogP contribution in [0.3, 0.4) is 0 Å². The maximum atomic E-state index is 12.4. The number of hydrogen-bond donors (Lipinski definition) is 1. The highest BCUT2D eigenvalue weighted by Crippen LogP contribution is 2.65. The molecule has 0 aromatic carbocycles. The van der Waals surface area contributed by atoms with Gasteiger partial charge in [-0.05, 0) is 129 Å². The van der Waals surface area contributed by atoms with Crippen molar-refractivity contribution < 1.29 is 24.3 Å². The lowest BCUT2D eigenvalue weighted by Gasteiger charge is -2.56. The van der Waals surface area contributed by atoms with E-state index in [4.69, 9.17) is 0 Å². The molecule has 0 heterocycles. The third kappa shape index (κ3) is 4.07. The average Bonchev–Trinajstić information content (AvgIpc) is 3.46. The molecule has 1 N–H and O–H groups in total. The van der Waals surface area contributed by atoms with Crippen LogP contribution in [0.2, 0.25) is 0 Å². The Balaban J connectivity index is 0.000000140. The SMILES string of the molecule is CC12C=CC(=O)C=C1CCC1C2CCC2(C)C(=O)CCC12.CC12CCC3C(CCC4=C(O)C(=O)CCC43C)C1CCC2=O. The Morgan fingerprint density at radius 3 is 1.84 bits per heavy atom. The standard InChI is InChI=1S/C19H26O3.C19H24O2/c1-18-10-8-15(20)17(22)14(18)4-3-11-12-5-6-16(21)19(12,2)9-7-13(11)18;1-18-9-7-13(20)11-12(18)3-4-14-15-5-6-17(21)19(15,2)10-8-16(14)18/h11-13,22H,3-10H2,1-2H3;7,9,11,14-16H,3-6,8,10H2,1-2H3. The van der Waals surface area contributed by atoms with E-state index in [2.05, 4.69) is 33.8 Å². The lowest BCUT2D eigenvalue weighted by Crippen LogP contribution is -2.51. The highest BCUT2D eigenvalue weighted by molar-refractivity contribution is 6.01. The van der Waals surface area contributed by atoms with Crippen LogP contribution in [0.1, 0.15) is 118 Å². The van der Waals surface area contributed by atoms with Crippen molar-refractivity contribution in [3.63, 3.8) is 0 Å². The second-order valence-electron chi connectivity index (χ2n) is 16.5. The molecule has 43 heavy (non-hydrogen) atoms. The molecule has 8 rings (SSSR count). The number of carbonyl (C=O) groups excluding carboxylic acids is 4. The van der Waals surface area contributed by atoms with Gasteiger partial charge in [0.05, 0.1) is 0 Å². The normalized spacial score (nSPS) is 48.2. The average molecular weight is 587 g/mol. The van der Waals surface area contributed by atoms with Gasteiger partial charge in [-0.2, -0.15) is 0 Å². The number of ketones is 4. The Labute approximate surface area is 257 Å². The van der Waals surface area contributed by atoms with Crippen molar-refractivity contribution in [2.24, 2.45) is 57.2 Å². The van der Waals surface area contributed by atoms with E-state index in [-0.39, 0.29) is 39.0 Å². The first-order valence-corrected chi connectivity index (χ1v) is 17.3. The zero-order valence-corrected chi connectivity index (χ0v) is 26.7. The van der Waals surface area contributed by atoms with Crippen LogP contribution in [0.25, 0.3) is 0 Å². The molecule has 10 atom stereocenters. The number of rotatable bonds is 0. The fourth-order valence-electron chi connectivity index (χ4n) is 12.4. The fraction of sp³-hybridized carbons (Fsp3) is 0.737. The van der Waals surface area contributed by atoms with Crippen molar-refractivity contribution in [2.45, 2.75) is 118 Å². The summed E-state index contributed by atoms with van der Waals surface area (Å²) in [6.45, 7) is 9.00. The molecule has 8 aliphatic rings. The number of allylic oxidation sites excluding steroid dienone is 5. The third-order valence-corrected chi connectivity index (χ3v) is 15.1. The predicted molar refractivity (Wildman–Crippen MR) is 165 cm³/mol. The largest absolute Gasteiger partial charge is 0.504 e. The van der Waals surface area contributed by atoms with Gasteiger partial charge in [-0.1, -0.05) is 39.3 Å². The van der Waals surface area contributed by atoms with Crippen molar-refractivity contribution in [3.8, 4) is 0 Å². The minimum atomic E-state index is -0.0920. The minimum absolute atomic E-state index is 0.0200. The molecule has 6 saturated carbocycles. The van der Waals surface area contributed by atoms with E-state index < -0.39 is 0 Å². The van der Waals surface area contributed by atoms with Crippen LogP contribution in [0.5, 0.6) is 0 Å². The summed E-state index contributed by atoms with van der Waals surface area (Å²) in [6.07, 6.45) is 19.2. The lowest BCUT2D eigenvalue weighted by molar-refractivity contribution is -0.133. The molecule has 232 valence electrons. The predicted octanol–water partition coefficient (Wildman–Crippen LogP) is 7.84. The number of carbonyl (C=O) groups is 4. The molecule has 5 nitrogen and oxygen atoms in total. The summed E-state index contributed by atoms with van der Waals surface area (Å²) in [6, 6.07) is 0. The summed E-state index contributed by atoms with van der Waals surface area (Å²) < 4.78 is 0. The maximum Gasteiger partial charge on any atom is 0.197 e. The molecule has 6 fully saturated rings. The van der Waals surface area contributed by atoms with Gasteiger partial charge in [-0.15, -0.1) is 0 Å². The number of fused-ring (bicyclic) bond motifs is 10. The molecule has 0 bridgehead atoms. The van der Waals surface area contributed by atoms with E-state index >= 15 is 0 Å². The Morgan fingerprint density at radius 1 is 0.628 bits per heavy atom. The van der Waals surface area contributed by atoms with Gasteiger partial charge in [0, 0.05) is 35.5 Å². The smallest absolute Gasteiger partial charge is 0.197 e. The monoisotopic (exact) mass is 586 g/mol. The van der Waals surface area contributed by atoms with Crippen LogP contribution < -0.4 is 0 Å². The Hall–Kier alpha value is -2.30. The van der Waals surface area contributed by atoms with Gasteiger partial charge in [0.25, 0.3) is 0 Å². The van der Waals surface area contributed by atoms with Crippen molar-refractivity contribution >= 4 is 23.1 Å². The van der Waals surface area contributed by atoms with Gasteiger partial charge in [0.15, 0.2) is 17.3 Å². The van der Waals surface area contributed by atoms with Crippen LogP contribution in [0.15, 0.2) is 35.1 Å². The molecule has 8 aliphatic carbocycles. The highest BCUT2D eigenvalue weighted by atomic mass is 16.3. The number of hydrogen-bond acceptors (Lipinski definition) is 5. The van der Waals surface area contributed by atoms with Gasteiger partial charge >= 0.3 is 0 Å². The summed E-state index contributed by atoms with van der Waals surface area (Å²) in [7, 11) is 0. The van der Waals surface area contributed by atoms with Crippen LogP contribution in [-0.2, 0) is 19.2 Å². The van der Waals surface area contributed by atoms with Gasteiger partial charge < -0.3 is 5.11 Å². The molecule has 0 amide bonds. The fourth-order valence-corrected chi connectivity index (χ4v) is 12.4. The summed E-state index contributed by atoms with van der Waals surface area (Å²) in [5.41, 5.74) is 2.26. The Bertz CT molecular complexity index is 1380. The zero-order chi connectivity index (χ0) is 30.5. The first-order chi connectivity index (χ1) is 20.3. The van der Waals surface area contributed by atoms with Gasteiger partial charge in [0.2, 0.25) is 0 Å². The second-order valence-corrected chi connectivity index (χ2v) is 16.5. The van der Waals surface area contributed by atoms with Crippen molar-refractivity contribution in [2.75, 3.05) is 0 Å². The van der Waals surface area contributed by atoms with E-state index in [1.165, 1.54) is 12.0 Å². The van der Waals surface area contributed by atoms with Crippen molar-refractivity contribution in [1.82, 2.24) is 0 Å². The van der Waals surface area contributed by atoms with E-state index in [0.717, 1.165) is 82.6 Å². The Kier molecular flexibility index (Phi) is 6.74. The molecule has 0 radical (unpaired) electrons. The minimum Gasteiger partial charge on any atom is -0.504 e. The zero-order valence-electron chi connectivity index (χ0n) is 26.7. The van der Waals surface area contributed by atoms with Gasteiger partial charge in [0.1, 0.15) is 11.6 Å².